The van der Waals surface area contributed by atoms with Crippen molar-refractivity contribution in [1.29, 1.82) is 0 Å². The molecule has 0 saturated heterocycles. The van der Waals surface area contributed by atoms with Crippen LogP contribution in [0.1, 0.15) is 31.4 Å². The highest BCUT2D eigenvalue weighted by atomic mass is 32.2. The Morgan fingerprint density at radius 1 is 1.24 bits per heavy atom. The molecule has 6 heteroatoms. The Kier molecular flexibility index (Phi) is 5.78. The van der Waals surface area contributed by atoms with Crippen molar-refractivity contribution in [3.8, 4) is 0 Å². The van der Waals surface area contributed by atoms with Crippen molar-refractivity contribution in [1.82, 2.24) is 4.72 Å². The Labute approximate surface area is 127 Å². The quantitative estimate of drug-likeness (QED) is 0.756. The van der Waals surface area contributed by atoms with E-state index < -0.39 is 10.0 Å². The molecule has 0 aliphatic rings. The van der Waals surface area contributed by atoms with Gasteiger partial charge in [0, 0.05) is 20.3 Å². The number of hydrogen-bond donors (Lipinski definition) is 2. The van der Waals surface area contributed by atoms with E-state index in [1.807, 2.05) is 27.7 Å². The molecule has 0 aliphatic carbocycles. The van der Waals surface area contributed by atoms with Gasteiger partial charge in [-0.2, -0.15) is 0 Å². The molecule has 3 N–H and O–H groups in total. The third kappa shape index (κ3) is 4.98. The zero-order chi connectivity index (χ0) is 16.3. The summed E-state index contributed by atoms with van der Waals surface area (Å²) in [7, 11) is -1.97. The summed E-state index contributed by atoms with van der Waals surface area (Å²) in [5.74, 6) is 0. The van der Waals surface area contributed by atoms with E-state index in [0.29, 0.717) is 13.2 Å². The molecule has 0 aromatic heterocycles. The lowest BCUT2D eigenvalue weighted by atomic mass is 9.90. The molecule has 1 rings (SSSR count). The van der Waals surface area contributed by atoms with Crippen LogP contribution in [0.5, 0.6) is 0 Å². The summed E-state index contributed by atoms with van der Waals surface area (Å²) in [4.78, 5) is 0.146. The van der Waals surface area contributed by atoms with Gasteiger partial charge in [-0.25, -0.2) is 13.1 Å². The smallest absolute Gasteiger partial charge is 0.242 e. The molecule has 0 fully saturated rings. The zero-order valence-electron chi connectivity index (χ0n) is 13.5. The number of aryl methyl sites for hydroxylation is 2. The lowest BCUT2D eigenvalue weighted by Crippen LogP contribution is -2.35. The average Bonchev–Trinajstić information content (AvgIpc) is 2.38. The number of methoxy groups -OCH3 is 1. The number of nitrogens with two attached hydrogens (primary N) is 1. The second kappa shape index (κ2) is 6.77. The first-order valence-corrected chi connectivity index (χ1v) is 8.43. The fourth-order valence-corrected chi connectivity index (χ4v) is 3.32. The van der Waals surface area contributed by atoms with Gasteiger partial charge in [-0.3, -0.25) is 0 Å². The standard InChI is InChI=1S/C15H26N2O3S/c1-11-8-13(16)14(9-12(11)2)21(18,19)17-10-15(3,4)6-7-20-5/h8-9,17H,6-7,10,16H2,1-5H3. The number of hydrogen-bond acceptors (Lipinski definition) is 4. The van der Waals surface area contributed by atoms with Crippen LogP contribution >= 0.6 is 0 Å². The van der Waals surface area contributed by atoms with E-state index >= 15 is 0 Å². The van der Waals surface area contributed by atoms with Gasteiger partial charge in [-0.1, -0.05) is 13.8 Å². The van der Waals surface area contributed by atoms with E-state index in [1.165, 1.54) is 0 Å². The summed E-state index contributed by atoms with van der Waals surface area (Å²) in [5.41, 5.74) is 7.84. The molecule has 1 aromatic rings. The van der Waals surface area contributed by atoms with Crippen LogP contribution in [-0.2, 0) is 14.8 Å². The number of nitrogens with one attached hydrogen (secondary N) is 1. The third-order valence-corrected chi connectivity index (χ3v) is 5.10. The molecule has 0 unspecified atom stereocenters. The van der Waals surface area contributed by atoms with Gasteiger partial charge in [0.2, 0.25) is 10.0 Å². The van der Waals surface area contributed by atoms with Gasteiger partial charge < -0.3 is 10.5 Å². The fourth-order valence-electron chi connectivity index (χ4n) is 1.88. The van der Waals surface area contributed by atoms with Gasteiger partial charge in [-0.15, -0.1) is 0 Å². The number of rotatable bonds is 7. The molecular formula is C15H26N2O3S. The molecule has 0 bridgehead atoms. The Hall–Kier alpha value is -1.11. The molecule has 0 atom stereocenters. The molecule has 120 valence electrons. The van der Waals surface area contributed by atoms with Gasteiger partial charge in [0.05, 0.1) is 5.69 Å². The number of nitrogen functional groups attached to an aromatic ring is 1. The molecule has 0 amide bonds. The summed E-state index contributed by atoms with van der Waals surface area (Å²) < 4.78 is 32.5. The SMILES string of the molecule is COCCC(C)(C)CNS(=O)(=O)c1cc(C)c(C)cc1N. The van der Waals surface area contributed by atoms with Crippen LogP contribution in [0.2, 0.25) is 0 Å². The lowest BCUT2D eigenvalue weighted by molar-refractivity contribution is 0.153. The first-order chi connectivity index (χ1) is 9.59. The highest BCUT2D eigenvalue weighted by molar-refractivity contribution is 7.89. The second-order valence-electron chi connectivity index (χ2n) is 6.21. The van der Waals surface area contributed by atoms with Gasteiger partial charge in [0.25, 0.3) is 0 Å². The van der Waals surface area contributed by atoms with Crippen molar-refractivity contribution in [2.24, 2.45) is 5.41 Å². The van der Waals surface area contributed by atoms with Crippen LogP contribution in [0, 0.1) is 19.3 Å². The first kappa shape index (κ1) is 17.9. The Morgan fingerprint density at radius 2 is 1.81 bits per heavy atom. The second-order valence-corrected chi connectivity index (χ2v) is 7.94. The van der Waals surface area contributed by atoms with E-state index in [4.69, 9.17) is 10.5 Å². The van der Waals surface area contributed by atoms with Crippen molar-refractivity contribution >= 4 is 15.7 Å². The predicted molar refractivity (Wildman–Crippen MR) is 85.8 cm³/mol. The summed E-state index contributed by atoms with van der Waals surface area (Å²) >= 11 is 0. The maximum absolute atomic E-state index is 12.4. The minimum absolute atomic E-state index is 0.146. The topological polar surface area (TPSA) is 81.4 Å². The van der Waals surface area contributed by atoms with Crippen LogP contribution in [0.25, 0.3) is 0 Å². The van der Waals surface area contributed by atoms with E-state index in [2.05, 4.69) is 4.72 Å². The molecule has 1 aromatic carbocycles. The predicted octanol–water partition coefficient (Wildman–Crippen LogP) is 2.23. The summed E-state index contributed by atoms with van der Waals surface area (Å²) in [6.07, 6.45) is 0.772. The van der Waals surface area contributed by atoms with E-state index in [-0.39, 0.29) is 16.0 Å². The van der Waals surface area contributed by atoms with Gasteiger partial charge >= 0.3 is 0 Å². The van der Waals surface area contributed by atoms with Crippen molar-refractivity contribution in [3.63, 3.8) is 0 Å². The Balaban J connectivity index is 2.90. The fraction of sp³-hybridized carbons (Fsp3) is 0.600. The molecule has 0 aliphatic heterocycles. The molecular weight excluding hydrogens is 288 g/mol. The highest BCUT2D eigenvalue weighted by Crippen LogP contribution is 2.24. The summed E-state index contributed by atoms with van der Waals surface area (Å²) in [6, 6.07) is 3.31. The summed E-state index contributed by atoms with van der Waals surface area (Å²) in [6.45, 7) is 8.71. The normalized spacial score (nSPS) is 12.6. The van der Waals surface area contributed by atoms with Crippen molar-refractivity contribution in [2.45, 2.75) is 39.0 Å². The maximum atomic E-state index is 12.4. The van der Waals surface area contributed by atoms with E-state index in [1.54, 1.807) is 19.2 Å². The minimum Gasteiger partial charge on any atom is -0.398 e. The van der Waals surface area contributed by atoms with Gasteiger partial charge in [-0.05, 0) is 48.9 Å². The lowest BCUT2D eigenvalue weighted by Gasteiger charge is -2.24. The molecule has 0 heterocycles. The van der Waals surface area contributed by atoms with E-state index in [9.17, 15) is 8.42 Å². The van der Waals surface area contributed by atoms with Crippen molar-refractivity contribution in [2.75, 3.05) is 26.0 Å². The average molecular weight is 314 g/mol. The van der Waals surface area contributed by atoms with Crippen molar-refractivity contribution in [3.05, 3.63) is 23.3 Å². The van der Waals surface area contributed by atoms with Crippen LogP contribution in [-0.4, -0.2) is 28.7 Å². The zero-order valence-corrected chi connectivity index (χ0v) is 14.3. The number of sulfonamides is 1. The Bertz CT molecular complexity index is 595. The number of benzene rings is 1. The summed E-state index contributed by atoms with van der Waals surface area (Å²) in [5, 5.41) is 0. The van der Waals surface area contributed by atoms with E-state index in [0.717, 1.165) is 17.5 Å². The largest absolute Gasteiger partial charge is 0.398 e. The van der Waals surface area contributed by atoms with Gasteiger partial charge in [0.1, 0.15) is 4.90 Å². The van der Waals surface area contributed by atoms with Crippen LogP contribution in [0.4, 0.5) is 5.69 Å². The first-order valence-electron chi connectivity index (χ1n) is 6.94. The Morgan fingerprint density at radius 3 is 2.38 bits per heavy atom. The monoisotopic (exact) mass is 314 g/mol. The molecule has 0 radical (unpaired) electrons. The minimum atomic E-state index is -3.60. The van der Waals surface area contributed by atoms with Crippen molar-refractivity contribution < 1.29 is 13.2 Å². The highest BCUT2D eigenvalue weighted by Gasteiger charge is 2.24. The third-order valence-electron chi connectivity index (χ3n) is 3.64. The maximum Gasteiger partial charge on any atom is 0.242 e. The number of anilines is 1. The van der Waals surface area contributed by atoms with Gasteiger partial charge in [0.15, 0.2) is 0 Å². The molecule has 0 saturated carbocycles. The molecule has 0 spiro atoms. The number of ether oxygens (including phenoxy) is 1. The van der Waals surface area contributed by atoms with Crippen LogP contribution < -0.4 is 10.5 Å². The molecule has 21 heavy (non-hydrogen) atoms. The van der Waals surface area contributed by atoms with Crippen LogP contribution in [0.3, 0.4) is 0 Å². The molecule has 5 nitrogen and oxygen atoms in total. The van der Waals surface area contributed by atoms with Crippen LogP contribution in [0.15, 0.2) is 17.0 Å².